The molecule has 0 saturated carbocycles. The molecule has 3 N–H and O–H groups in total. The molecule has 0 aliphatic heterocycles. The van der Waals surface area contributed by atoms with Crippen LogP contribution in [0.25, 0.3) is 10.2 Å². The maximum absolute atomic E-state index is 13.7. The van der Waals surface area contributed by atoms with Crippen LogP contribution < -0.4 is 16.6 Å². The molecule has 3 rings (SSSR count). The Labute approximate surface area is 157 Å². The fraction of sp³-hybridized carbons (Fsp3) is 0.0667. The molecule has 2 aromatic heterocycles. The number of nitrogens with one attached hydrogen (secondary N) is 3. The molecule has 0 radical (unpaired) electrons. The Bertz CT molecular complexity index is 1180. The van der Waals surface area contributed by atoms with Crippen LogP contribution >= 0.6 is 34.7 Å². The van der Waals surface area contributed by atoms with Crippen molar-refractivity contribution in [3.05, 3.63) is 55.4 Å². The average molecular weight is 411 g/mol. The van der Waals surface area contributed by atoms with E-state index in [4.69, 9.17) is 11.6 Å². The van der Waals surface area contributed by atoms with Gasteiger partial charge < -0.3 is 10.3 Å². The highest BCUT2D eigenvalue weighted by molar-refractivity contribution is 8.02. The number of nitrogens with zero attached hydrogens (tertiary/aromatic N) is 1. The second kappa shape index (κ2) is 7.33. The number of aromatic amines is 2. The molecule has 0 aliphatic rings. The number of hydrogen-bond acceptors (Lipinski definition) is 6. The van der Waals surface area contributed by atoms with E-state index in [1.165, 1.54) is 12.1 Å². The van der Waals surface area contributed by atoms with E-state index < -0.39 is 23.0 Å². The van der Waals surface area contributed by atoms with Gasteiger partial charge in [-0.05, 0) is 18.2 Å². The van der Waals surface area contributed by atoms with Crippen LogP contribution in [-0.2, 0) is 4.79 Å². The van der Waals surface area contributed by atoms with Gasteiger partial charge in [-0.3, -0.25) is 14.6 Å². The summed E-state index contributed by atoms with van der Waals surface area (Å²) in [4.78, 5) is 39.7. The lowest BCUT2D eigenvalue weighted by atomic mass is 10.3. The Morgan fingerprint density at radius 1 is 1.38 bits per heavy atom. The van der Waals surface area contributed by atoms with Crippen LogP contribution in [0.2, 0.25) is 5.02 Å². The van der Waals surface area contributed by atoms with Gasteiger partial charge in [-0.25, -0.2) is 9.18 Å². The fourth-order valence-corrected chi connectivity index (χ4v) is 4.39. The zero-order chi connectivity index (χ0) is 18.8. The van der Waals surface area contributed by atoms with Gasteiger partial charge in [-0.1, -0.05) is 11.6 Å². The number of thioether (sulfide) groups is 1. The van der Waals surface area contributed by atoms with Crippen molar-refractivity contribution >= 4 is 56.5 Å². The van der Waals surface area contributed by atoms with E-state index in [0.29, 0.717) is 4.21 Å². The van der Waals surface area contributed by atoms with Crippen LogP contribution in [0.5, 0.6) is 0 Å². The number of aromatic nitrogens is 2. The van der Waals surface area contributed by atoms with Crippen LogP contribution in [0, 0.1) is 17.1 Å². The van der Waals surface area contributed by atoms with Gasteiger partial charge in [0.25, 0.3) is 5.56 Å². The van der Waals surface area contributed by atoms with E-state index in [0.717, 1.165) is 29.2 Å². The molecule has 0 fully saturated rings. The van der Waals surface area contributed by atoms with Gasteiger partial charge in [-0.2, -0.15) is 5.26 Å². The standard InChI is InChI=1S/C15H8ClFN4O3S2/c16-6-1-2-9(8(17)3-6)19-10(22)5-25-14-7(4-18)11-12(26-14)13(23)21-15(24)20-11/h1-3H,5H2,(H,19,22)(H2,20,21,23,24). The molecule has 0 bridgehead atoms. The molecule has 1 aromatic carbocycles. The maximum atomic E-state index is 13.7. The molecular weight excluding hydrogens is 403 g/mol. The molecule has 1 amide bonds. The number of fused-ring (bicyclic) bond motifs is 1. The molecule has 3 aromatic rings. The molecule has 11 heteroatoms. The third kappa shape index (κ3) is 3.65. The van der Waals surface area contributed by atoms with E-state index in [-0.39, 0.29) is 32.2 Å². The van der Waals surface area contributed by atoms with Crippen molar-refractivity contribution in [1.29, 1.82) is 5.26 Å². The summed E-state index contributed by atoms with van der Waals surface area (Å²) in [6.07, 6.45) is 0. The normalized spacial score (nSPS) is 10.7. The quantitative estimate of drug-likeness (QED) is 0.571. The van der Waals surface area contributed by atoms with Gasteiger partial charge in [0.05, 0.1) is 21.2 Å². The minimum absolute atomic E-state index is 0.0161. The highest BCUT2D eigenvalue weighted by Gasteiger charge is 2.17. The summed E-state index contributed by atoms with van der Waals surface area (Å²) in [5.41, 5.74) is -1.09. The van der Waals surface area contributed by atoms with Crippen LogP contribution in [0.3, 0.4) is 0 Å². The van der Waals surface area contributed by atoms with Gasteiger partial charge in [0, 0.05) is 5.02 Å². The largest absolute Gasteiger partial charge is 0.326 e. The lowest BCUT2D eigenvalue weighted by Crippen LogP contribution is -2.20. The molecule has 26 heavy (non-hydrogen) atoms. The number of nitriles is 1. The lowest BCUT2D eigenvalue weighted by Gasteiger charge is -2.06. The number of carbonyl (C=O) groups is 1. The summed E-state index contributed by atoms with van der Waals surface area (Å²) in [7, 11) is 0. The van der Waals surface area contributed by atoms with Gasteiger partial charge in [0.2, 0.25) is 5.91 Å². The van der Waals surface area contributed by atoms with E-state index in [1.54, 1.807) is 0 Å². The summed E-state index contributed by atoms with van der Waals surface area (Å²) >= 11 is 7.65. The summed E-state index contributed by atoms with van der Waals surface area (Å²) in [6.45, 7) is 0. The average Bonchev–Trinajstić information content (AvgIpc) is 2.93. The van der Waals surface area contributed by atoms with Crippen LogP contribution in [0.4, 0.5) is 10.1 Å². The molecule has 0 unspecified atom stereocenters. The first kappa shape index (κ1) is 18.2. The number of H-pyrrole nitrogens is 2. The molecule has 2 heterocycles. The van der Waals surface area contributed by atoms with Crippen molar-refractivity contribution in [3.63, 3.8) is 0 Å². The van der Waals surface area contributed by atoms with Crippen molar-refractivity contribution in [1.82, 2.24) is 9.97 Å². The van der Waals surface area contributed by atoms with Crippen molar-refractivity contribution < 1.29 is 9.18 Å². The molecule has 0 aliphatic carbocycles. The highest BCUT2D eigenvalue weighted by Crippen LogP contribution is 2.34. The zero-order valence-corrected chi connectivity index (χ0v) is 15.1. The monoisotopic (exact) mass is 410 g/mol. The third-order valence-corrected chi connectivity index (χ3v) is 5.89. The second-order valence-electron chi connectivity index (χ2n) is 4.95. The molecule has 132 valence electrons. The van der Waals surface area contributed by atoms with Crippen molar-refractivity contribution in [2.24, 2.45) is 0 Å². The first-order chi connectivity index (χ1) is 12.4. The third-order valence-electron chi connectivity index (χ3n) is 3.20. The lowest BCUT2D eigenvalue weighted by molar-refractivity contribution is -0.113. The number of thiophene rings is 1. The van der Waals surface area contributed by atoms with Crippen LogP contribution in [0.1, 0.15) is 5.56 Å². The minimum Gasteiger partial charge on any atom is -0.323 e. The summed E-state index contributed by atoms with van der Waals surface area (Å²) < 4.78 is 14.3. The van der Waals surface area contributed by atoms with Crippen LogP contribution in [0.15, 0.2) is 32.0 Å². The van der Waals surface area contributed by atoms with Gasteiger partial charge >= 0.3 is 5.69 Å². The predicted molar refractivity (Wildman–Crippen MR) is 98.5 cm³/mol. The number of anilines is 1. The van der Waals surface area contributed by atoms with E-state index >= 15 is 0 Å². The topological polar surface area (TPSA) is 119 Å². The predicted octanol–water partition coefficient (Wildman–Crippen LogP) is 2.67. The van der Waals surface area contributed by atoms with Gasteiger partial charge in [-0.15, -0.1) is 23.1 Å². The molecule has 0 saturated heterocycles. The van der Waals surface area contributed by atoms with Crippen molar-refractivity contribution in [2.45, 2.75) is 4.21 Å². The maximum Gasteiger partial charge on any atom is 0.326 e. The molecule has 0 atom stereocenters. The number of benzene rings is 1. The number of halogens is 2. The smallest absolute Gasteiger partial charge is 0.323 e. The Hall–Kier alpha value is -2.61. The van der Waals surface area contributed by atoms with Crippen LogP contribution in [-0.4, -0.2) is 21.6 Å². The molecule has 7 nitrogen and oxygen atoms in total. The molecule has 0 spiro atoms. The number of amides is 1. The first-order valence-electron chi connectivity index (χ1n) is 6.96. The second-order valence-corrected chi connectivity index (χ2v) is 7.65. The Balaban J connectivity index is 1.80. The van der Waals surface area contributed by atoms with Gasteiger partial charge in [0.15, 0.2) is 0 Å². The summed E-state index contributed by atoms with van der Waals surface area (Å²) in [5, 5.41) is 11.9. The van der Waals surface area contributed by atoms with Crippen molar-refractivity contribution in [2.75, 3.05) is 11.1 Å². The minimum atomic E-state index is -0.718. The van der Waals surface area contributed by atoms with E-state index in [2.05, 4.69) is 15.3 Å². The van der Waals surface area contributed by atoms with E-state index in [1.807, 2.05) is 6.07 Å². The SMILES string of the molecule is N#Cc1c(SCC(=O)Nc2ccc(Cl)cc2F)sc2c(=O)[nH]c(=O)[nH]c12. The van der Waals surface area contributed by atoms with Crippen molar-refractivity contribution in [3.8, 4) is 6.07 Å². The Morgan fingerprint density at radius 2 is 2.15 bits per heavy atom. The Morgan fingerprint density at radius 3 is 2.85 bits per heavy atom. The number of hydrogen-bond donors (Lipinski definition) is 3. The number of carbonyl (C=O) groups excluding carboxylic acids is 1. The molecular formula is C15H8ClFN4O3S2. The fourth-order valence-electron chi connectivity index (χ4n) is 2.11. The summed E-state index contributed by atoms with van der Waals surface area (Å²) in [5.74, 6) is -1.29. The highest BCUT2D eigenvalue weighted by atomic mass is 35.5. The number of rotatable bonds is 4. The summed E-state index contributed by atoms with van der Waals surface area (Å²) in [6, 6.07) is 5.78. The first-order valence-corrected chi connectivity index (χ1v) is 9.14. The Kier molecular flexibility index (Phi) is 5.13. The van der Waals surface area contributed by atoms with E-state index in [9.17, 15) is 24.0 Å². The van der Waals surface area contributed by atoms with Gasteiger partial charge in [0.1, 0.15) is 22.1 Å². The zero-order valence-electron chi connectivity index (χ0n) is 12.7.